The van der Waals surface area contributed by atoms with Crippen LogP contribution in [0.15, 0.2) is 17.5 Å². The van der Waals surface area contributed by atoms with E-state index in [1.165, 1.54) is 5.34 Å². The largest absolute Gasteiger partial charge is 0.478 e. The first-order valence-corrected chi connectivity index (χ1v) is 4.05. The standard InChI is InChI=1S/C7H3ClF3NO2.HNO2/c8-5-3(6(13)14)1-2-4(12-5)7(9,10)11;2-1-3/h1-2H,(H,13,14);(H,2,3). The number of hydrogen-bond acceptors (Lipinski definition) is 4. The number of hydrogen-bond donors (Lipinski definition) is 2. The average molecular weight is 273 g/mol. The molecule has 0 bridgehead atoms. The summed E-state index contributed by atoms with van der Waals surface area (Å²) in [6.07, 6.45) is -4.62. The molecule has 17 heavy (non-hydrogen) atoms. The lowest BCUT2D eigenvalue weighted by Gasteiger charge is -2.06. The summed E-state index contributed by atoms with van der Waals surface area (Å²) >= 11 is 5.24. The smallest absolute Gasteiger partial charge is 0.433 e. The molecule has 0 radical (unpaired) electrons. The maximum atomic E-state index is 12.0. The minimum atomic E-state index is -4.62. The van der Waals surface area contributed by atoms with Crippen LogP contribution in [0.5, 0.6) is 0 Å². The number of aromatic nitrogens is 1. The second-order valence-electron chi connectivity index (χ2n) is 2.42. The van der Waals surface area contributed by atoms with Gasteiger partial charge in [0.15, 0.2) is 5.34 Å². The first-order valence-electron chi connectivity index (χ1n) is 3.67. The molecular weight excluding hydrogens is 269 g/mol. The van der Waals surface area contributed by atoms with Crippen LogP contribution in [0, 0.1) is 4.91 Å². The van der Waals surface area contributed by atoms with E-state index in [1.807, 2.05) is 0 Å². The summed E-state index contributed by atoms with van der Waals surface area (Å²) in [6.45, 7) is 0. The van der Waals surface area contributed by atoms with E-state index in [2.05, 4.69) is 4.98 Å². The molecule has 0 aromatic carbocycles. The first-order chi connectivity index (χ1) is 7.73. The highest BCUT2D eigenvalue weighted by atomic mass is 35.5. The van der Waals surface area contributed by atoms with E-state index in [0.717, 1.165) is 6.07 Å². The molecule has 0 saturated heterocycles. The third-order valence-corrected chi connectivity index (χ3v) is 1.66. The zero-order valence-electron chi connectivity index (χ0n) is 7.77. The Morgan fingerprint density at radius 1 is 1.41 bits per heavy atom. The molecule has 10 heteroatoms. The number of carboxylic acids is 1. The van der Waals surface area contributed by atoms with E-state index in [4.69, 9.17) is 26.8 Å². The molecule has 0 aliphatic carbocycles. The van der Waals surface area contributed by atoms with Gasteiger partial charge in [0.2, 0.25) is 0 Å². The van der Waals surface area contributed by atoms with E-state index in [-0.39, 0.29) is 0 Å². The van der Waals surface area contributed by atoms with Crippen molar-refractivity contribution in [2.45, 2.75) is 6.18 Å². The third kappa shape index (κ3) is 4.64. The van der Waals surface area contributed by atoms with Gasteiger partial charge in [0, 0.05) is 0 Å². The van der Waals surface area contributed by atoms with Crippen LogP contribution in [-0.4, -0.2) is 21.3 Å². The van der Waals surface area contributed by atoms with Crippen LogP contribution < -0.4 is 0 Å². The van der Waals surface area contributed by atoms with Gasteiger partial charge in [-0.1, -0.05) is 11.6 Å². The van der Waals surface area contributed by atoms with Gasteiger partial charge in [-0.15, -0.1) is 4.91 Å². The van der Waals surface area contributed by atoms with E-state index in [1.54, 1.807) is 0 Å². The minimum Gasteiger partial charge on any atom is -0.478 e. The molecule has 1 rings (SSSR count). The Morgan fingerprint density at radius 2 is 1.88 bits per heavy atom. The van der Waals surface area contributed by atoms with Crippen LogP contribution in [0.25, 0.3) is 0 Å². The average Bonchev–Trinajstić information content (AvgIpc) is 2.16. The third-order valence-electron chi connectivity index (χ3n) is 1.37. The molecule has 1 heterocycles. The van der Waals surface area contributed by atoms with Gasteiger partial charge < -0.3 is 10.3 Å². The van der Waals surface area contributed by atoms with Crippen LogP contribution in [0.3, 0.4) is 0 Å². The highest BCUT2D eigenvalue weighted by Gasteiger charge is 2.33. The lowest BCUT2D eigenvalue weighted by atomic mass is 10.2. The molecule has 0 amide bonds. The van der Waals surface area contributed by atoms with Crippen molar-refractivity contribution in [3.05, 3.63) is 33.5 Å². The molecule has 1 aromatic rings. The second kappa shape index (κ2) is 5.99. The molecule has 0 fully saturated rings. The quantitative estimate of drug-likeness (QED) is 0.465. The number of carboxylic acid groups (broad SMARTS) is 1. The first kappa shape index (κ1) is 15.1. The number of pyridine rings is 1. The number of alkyl halides is 3. The molecule has 1 aromatic heterocycles. The van der Waals surface area contributed by atoms with Crippen LogP contribution in [0.2, 0.25) is 5.15 Å². The summed E-state index contributed by atoms with van der Waals surface area (Å²) in [6, 6.07) is 1.33. The Bertz CT molecular complexity index is 424. The van der Waals surface area contributed by atoms with Crippen molar-refractivity contribution in [3.8, 4) is 0 Å². The van der Waals surface area contributed by atoms with Crippen molar-refractivity contribution in [2.24, 2.45) is 5.34 Å². The maximum absolute atomic E-state index is 12.0. The fourth-order valence-corrected chi connectivity index (χ4v) is 0.987. The van der Waals surface area contributed by atoms with Crippen LogP contribution in [-0.2, 0) is 6.18 Å². The molecule has 0 aliphatic rings. The van der Waals surface area contributed by atoms with E-state index in [0.29, 0.717) is 6.07 Å². The molecule has 94 valence electrons. The van der Waals surface area contributed by atoms with Gasteiger partial charge in [0.25, 0.3) is 0 Å². The number of nitrogens with zero attached hydrogens (tertiary/aromatic N) is 2. The second-order valence-corrected chi connectivity index (χ2v) is 2.78. The van der Waals surface area contributed by atoms with Gasteiger partial charge >= 0.3 is 12.1 Å². The SMILES string of the molecule is O=C(O)c1ccc(C(F)(F)F)nc1Cl.O=NO. The monoisotopic (exact) mass is 272 g/mol. The fraction of sp³-hybridized carbons (Fsp3) is 0.143. The number of halogens is 4. The van der Waals surface area contributed by atoms with E-state index < -0.39 is 28.6 Å². The normalized spacial score (nSPS) is 10.1. The Balaban J connectivity index is 0.000000770. The van der Waals surface area contributed by atoms with Gasteiger partial charge in [-0.3, -0.25) is 0 Å². The summed E-state index contributed by atoms with van der Waals surface area (Å²) in [5.41, 5.74) is -1.67. The summed E-state index contributed by atoms with van der Waals surface area (Å²) in [7, 11) is 0. The highest BCUT2D eigenvalue weighted by Crippen LogP contribution is 2.29. The summed E-state index contributed by atoms with van der Waals surface area (Å²) < 4.78 is 36.1. The fourth-order valence-electron chi connectivity index (χ4n) is 0.752. The lowest BCUT2D eigenvalue weighted by molar-refractivity contribution is -0.141. The lowest BCUT2D eigenvalue weighted by Crippen LogP contribution is -2.10. The Morgan fingerprint density at radius 3 is 2.18 bits per heavy atom. The van der Waals surface area contributed by atoms with Crippen molar-refractivity contribution in [1.29, 1.82) is 0 Å². The van der Waals surface area contributed by atoms with Crippen molar-refractivity contribution >= 4 is 17.6 Å². The molecule has 6 nitrogen and oxygen atoms in total. The molecule has 0 unspecified atom stereocenters. The number of rotatable bonds is 1. The summed E-state index contributed by atoms with van der Waals surface area (Å²) in [4.78, 5) is 21.4. The number of aromatic carboxylic acids is 1. The van der Waals surface area contributed by atoms with Gasteiger partial charge in [0.1, 0.15) is 10.8 Å². The van der Waals surface area contributed by atoms with Crippen LogP contribution in [0.4, 0.5) is 13.2 Å². The molecule has 0 saturated carbocycles. The molecular formula is C7H4ClF3N2O4. The van der Waals surface area contributed by atoms with E-state index >= 15 is 0 Å². The van der Waals surface area contributed by atoms with Crippen molar-refractivity contribution in [1.82, 2.24) is 4.98 Å². The van der Waals surface area contributed by atoms with Gasteiger partial charge in [-0.25, -0.2) is 9.78 Å². The predicted molar refractivity (Wildman–Crippen MR) is 48.8 cm³/mol. The molecule has 0 aliphatic heterocycles. The Hall–Kier alpha value is -1.90. The minimum absolute atomic E-state index is 0.459. The summed E-state index contributed by atoms with van der Waals surface area (Å²) in [5.74, 6) is -1.42. The summed E-state index contributed by atoms with van der Waals surface area (Å²) in [5, 5.41) is 15.7. The molecule has 0 atom stereocenters. The van der Waals surface area contributed by atoms with E-state index in [9.17, 15) is 18.0 Å². The zero-order valence-corrected chi connectivity index (χ0v) is 8.53. The zero-order chi connectivity index (χ0) is 13.6. The maximum Gasteiger partial charge on any atom is 0.433 e. The molecule has 2 N–H and O–H groups in total. The molecule has 0 spiro atoms. The Labute approximate surface area is 96.6 Å². The van der Waals surface area contributed by atoms with Gasteiger partial charge in [-0.2, -0.15) is 13.2 Å². The highest BCUT2D eigenvalue weighted by molar-refractivity contribution is 6.32. The topological polar surface area (TPSA) is 99.8 Å². The Kier molecular flexibility index (Phi) is 5.32. The predicted octanol–water partition coefficient (Wildman–Crippen LogP) is 2.59. The van der Waals surface area contributed by atoms with Crippen molar-refractivity contribution in [3.63, 3.8) is 0 Å². The number of carbonyl (C=O) groups is 1. The van der Waals surface area contributed by atoms with Gasteiger partial charge in [0.05, 0.1) is 5.56 Å². The van der Waals surface area contributed by atoms with Crippen molar-refractivity contribution in [2.75, 3.05) is 0 Å². The van der Waals surface area contributed by atoms with Crippen LogP contribution in [0.1, 0.15) is 16.1 Å². The van der Waals surface area contributed by atoms with Crippen molar-refractivity contribution < 1.29 is 28.3 Å². The van der Waals surface area contributed by atoms with Crippen LogP contribution >= 0.6 is 11.6 Å². The van der Waals surface area contributed by atoms with Gasteiger partial charge in [-0.05, 0) is 12.1 Å².